The smallest absolute Gasteiger partial charge is 1.00 e. The first kappa shape index (κ1) is 22.6. The quantitative estimate of drug-likeness (QED) is 0.515. The predicted octanol–water partition coefficient (Wildman–Crippen LogP) is -3.53. The average molecular weight is 321 g/mol. The zero-order valence-corrected chi connectivity index (χ0v) is 15.8. The van der Waals surface area contributed by atoms with Crippen molar-refractivity contribution in [1.82, 2.24) is 7.60 Å². The van der Waals surface area contributed by atoms with Crippen LogP contribution in [0.25, 0.3) is 0 Å². The van der Waals surface area contributed by atoms with Gasteiger partial charge >= 0.3 is 96.6 Å². The maximum atomic E-state index is 3.81. The van der Waals surface area contributed by atoms with Gasteiger partial charge in [-0.25, -0.2) is 0 Å². The molecule has 0 amide bonds. The molecule has 6 heteroatoms. The minimum atomic E-state index is -1.24. The minimum absolute atomic E-state index is 0. The van der Waals surface area contributed by atoms with Crippen molar-refractivity contribution in [3.63, 3.8) is 0 Å². The van der Waals surface area contributed by atoms with E-state index in [4.69, 9.17) is 0 Å². The number of halogens is 2. The third-order valence-electron chi connectivity index (χ3n) is 1.50. The molecule has 2 N–H and O–H groups in total. The van der Waals surface area contributed by atoms with Crippen LogP contribution in [0.2, 0.25) is 13.1 Å². The number of hydrogen-bond acceptors (Lipinski definition) is 2. The van der Waals surface area contributed by atoms with Gasteiger partial charge in [-0.15, -0.1) is 0 Å². The third-order valence-corrected chi connectivity index (χ3v) is 11.3. The van der Waals surface area contributed by atoms with Crippen LogP contribution in [0.4, 0.5) is 0 Å². The van der Waals surface area contributed by atoms with E-state index in [9.17, 15) is 0 Å². The number of hydrogen-bond donors (Lipinski definition) is 2. The molecular weight excluding hydrogens is 295 g/mol. The van der Waals surface area contributed by atoms with Gasteiger partial charge in [-0.05, 0) is 0 Å². The largest absolute Gasteiger partial charge is 1.00 e. The van der Waals surface area contributed by atoms with E-state index in [1.54, 1.807) is 0 Å². The molecule has 0 aliphatic carbocycles. The molecule has 0 unspecified atom stereocenters. The van der Waals surface area contributed by atoms with Gasteiger partial charge in [0.1, 0.15) is 0 Å². The maximum Gasteiger partial charge on any atom is -1.00 e. The molecule has 0 radical (unpaired) electrons. The summed E-state index contributed by atoms with van der Waals surface area (Å²) in [6.07, 6.45) is -0.194. The molecule has 16 heavy (non-hydrogen) atoms. The summed E-state index contributed by atoms with van der Waals surface area (Å²) in [6, 6.07) is 0. The Bertz CT molecular complexity index is 210. The van der Waals surface area contributed by atoms with Crippen molar-refractivity contribution in [2.75, 3.05) is 0 Å². The van der Waals surface area contributed by atoms with Crippen molar-refractivity contribution in [1.29, 1.82) is 0 Å². The molecule has 98 valence electrons. The molecule has 0 atom stereocenters. The predicted molar refractivity (Wildman–Crippen MR) is 63.3 cm³/mol. The van der Waals surface area contributed by atoms with Crippen LogP contribution >= 0.6 is 0 Å². The van der Waals surface area contributed by atoms with E-state index in [2.05, 4.69) is 62.2 Å². The molecule has 0 saturated carbocycles. The summed E-state index contributed by atoms with van der Waals surface area (Å²) in [4.78, 5) is 0. The first-order valence-electron chi connectivity index (χ1n) is 5.25. The molecule has 0 saturated heterocycles. The fraction of sp³-hybridized carbons (Fsp3) is 1.00. The van der Waals surface area contributed by atoms with E-state index in [1.165, 1.54) is 0 Å². The summed E-state index contributed by atoms with van der Waals surface area (Å²) in [5, 5.41) is 0. The SMILES string of the molecule is C[Si](C)=[Ti+2]([NH]C(C)(C)C)[NH]C(C)(C)C.[Cl-].[Cl-]. The van der Waals surface area contributed by atoms with Gasteiger partial charge in [-0.1, -0.05) is 0 Å². The summed E-state index contributed by atoms with van der Waals surface area (Å²) in [7, 11) is 0. The van der Waals surface area contributed by atoms with E-state index >= 15 is 0 Å². The summed E-state index contributed by atoms with van der Waals surface area (Å²) >= 11 is -1.24. The minimum Gasteiger partial charge on any atom is -1.00 e. The summed E-state index contributed by atoms with van der Waals surface area (Å²) in [5.74, 6) is 0. The first-order valence-corrected chi connectivity index (χ1v) is 11.7. The van der Waals surface area contributed by atoms with Crippen LogP contribution < -0.4 is 32.4 Å². The fourth-order valence-electron chi connectivity index (χ4n) is 1.03. The van der Waals surface area contributed by atoms with Crippen molar-refractivity contribution in [3.8, 4) is 0 Å². The van der Waals surface area contributed by atoms with Gasteiger partial charge in [-0.2, -0.15) is 0 Å². The molecule has 0 aliphatic rings. The zero-order valence-electron chi connectivity index (χ0n) is 11.8. The Morgan fingerprint density at radius 3 is 1.12 bits per heavy atom. The Kier molecular flexibility index (Phi) is 12.0. The van der Waals surface area contributed by atoms with Crippen LogP contribution in [0.5, 0.6) is 0 Å². The Morgan fingerprint density at radius 2 is 1.00 bits per heavy atom. The molecule has 2 nitrogen and oxygen atoms in total. The van der Waals surface area contributed by atoms with E-state index < -0.39 is 17.1 Å². The van der Waals surface area contributed by atoms with Gasteiger partial charge in [0.15, 0.2) is 0 Å². The molecule has 0 aliphatic heterocycles. The molecule has 0 rings (SSSR count). The van der Waals surface area contributed by atoms with Crippen molar-refractivity contribution in [3.05, 3.63) is 0 Å². The van der Waals surface area contributed by atoms with Crippen molar-refractivity contribution < 1.29 is 41.9 Å². The van der Waals surface area contributed by atoms with Crippen LogP contribution in [-0.2, 0) is 17.1 Å². The molecule has 0 bridgehead atoms. The van der Waals surface area contributed by atoms with E-state index in [-0.39, 0.29) is 42.1 Å². The summed E-state index contributed by atoms with van der Waals surface area (Å²) < 4.78 is 7.63. The fourth-order valence-corrected chi connectivity index (χ4v) is 9.41. The second-order valence-corrected chi connectivity index (χ2v) is 16.8. The van der Waals surface area contributed by atoms with Crippen molar-refractivity contribution >= 4 is 6.19 Å². The van der Waals surface area contributed by atoms with Gasteiger partial charge < -0.3 is 24.8 Å². The van der Waals surface area contributed by atoms with Gasteiger partial charge in [0.05, 0.1) is 0 Å². The van der Waals surface area contributed by atoms with Crippen LogP contribution in [0.3, 0.4) is 0 Å². The molecule has 0 aromatic heterocycles. The Hall–Kier alpha value is 1.43. The second-order valence-electron chi connectivity index (χ2n) is 6.12. The van der Waals surface area contributed by atoms with Crippen LogP contribution in [0.15, 0.2) is 0 Å². The van der Waals surface area contributed by atoms with Gasteiger partial charge in [0.25, 0.3) is 0 Å². The van der Waals surface area contributed by atoms with Crippen molar-refractivity contribution in [2.24, 2.45) is 0 Å². The molecule has 0 aromatic carbocycles. The van der Waals surface area contributed by atoms with Gasteiger partial charge in [-0.3, -0.25) is 0 Å². The molecule has 0 fully saturated rings. The van der Waals surface area contributed by atoms with Crippen molar-refractivity contribution in [2.45, 2.75) is 65.7 Å². The molecule has 0 aromatic rings. The zero-order chi connectivity index (χ0) is 11.6. The second kappa shape index (κ2) is 8.52. The van der Waals surface area contributed by atoms with E-state index in [0.717, 1.165) is 0 Å². The Balaban J connectivity index is -0.000000845. The summed E-state index contributed by atoms with van der Waals surface area (Å²) in [6.45, 7) is 18.4. The molecular formula is C10H26Cl2N2SiTi. The number of nitrogens with one attached hydrogen (secondary N) is 2. The first-order chi connectivity index (χ1) is 6.01. The van der Waals surface area contributed by atoms with E-state index in [0.29, 0.717) is 0 Å². The Morgan fingerprint density at radius 1 is 0.750 bits per heavy atom. The Labute approximate surface area is 121 Å². The standard InChI is InChI=1S/2C4H10N.C2H6Si.2ClH.Ti/c2*1-4(2,3)5;1-3-2;;;/h2*5H,1-3H3;1-2H3;2*1H;/q2*-1;;;;+4/p-2. The van der Waals surface area contributed by atoms with Gasteiger partial charge in [0, 0.05) is 0 Å². The summed E-state index contributed by atoms with van der Waals surface area (Å²) in [5.41, 5.74) is 0.519. The topological polar surface area (TPSA) is 24.1 Å². The molecule has 0 spiro atoms. The monoisotopic (exact) mass is 320 g/mol. The normalized spacial score (nSPS) is 10.7. The van der Waals surface area contributed by atoms with Gasteiger partial charge in [0.2, 0.25) is 0 Å². The average Bonchev–Trinajstić information content (AvgIpc) is 1.78. The number of rotatable bonds is 2. The third kappa shape index (κ3) is 13.5. The molecule has 0 heterocycles. The van der Waals surface area contributed by atoms with E-state index in [1.807, 2.05) is 0 Å². The van der Waals surface area contributed by atoms with Crippen LogP contribution in [-0.4, -0.2) is 17.3 Å². The maximum absolute atomic E-state index is 3.81. The van der Waals surface area contributed by atoms with Crippen LogP contribution in [0.1, 0.15) is 41.5 Å². The van der Waals surface area contributed by atoms with Crippen LogP contribution in [0, 0.1) is 0 Å².